The van der Waals surface area contributed by atoms with E-state index in [4.69, 9.17) is 19.3 Å². The molecule has 1 fully saturated rings. The van der Waals surface area contributed by atoms with Gasteiger partial charge in [-0.25, -0.2) is 14.4 Å². The van der Waals surface area contributed by atoms with Gasteiger partial charge in [0.1, 0.15) is 17.7 Å². The fourth-order valence-corrected chi connectivity index (χ4v) is 4.59. The zero-order valence-corrected chi connectivity index (χ0v) is 19.6. The van der Waals surface area contributed by atoms with Crippen molar-refractivity contribution in [1.82, 2.24) is 15.4 Å². The molecule has 1 saturated carbocycles. The van der Waals surface area contributed by atoms with Gasteiger partial charge in [0.2, 0.25) is 11.8 Å². The molecule has 1 atom stereocenters. The second-order valence-corrected chi connectivity index (χ2v) is 9.18. The minimum atomic E-state index is -0.406. The summed E-state index contributed by atoms with van der Waals surface area (Å²) in [5.41, 5.74) is 4.75. The minimum Gasteiger partial charge on any atom is -0.490 e. The Labute approximate surface area is 198 Å². The van der Waals surface area contributed by atoms with Crippen molar-refractivity contribution >= 4 is 16.8 Å². The van der Waals surface area contributed by atoms with Gasteiger partial charge in [0, 0.05) is 40.9 Å². The lowest BCUT2D eigenvalue weighted by Gasteiger charge is -2.28. The molecule has 0 amide bonds. The Hall–Kier alpha value is -3.26. The maximum absolute atomic E-state index is 14.8. The maximum Gasteiger partial charge on any atom is 0.215 e. The van der Waals surface area contributed by atoms with Crippen LogP contribution >= 0.6 is 0 Å². The average molecular weight is 465 g/mol. The zero-order chi connectivity index (χ0) is 23.7. The number of hydrogen-bond donors (Lipinski definition) is 1. The molecule has 34 heavy (non-hydrogen) atoms. The quantitative estimate of drug-likeness (QED) is 0.534. The first-order chi connectivity index (χ1) is 16.5. The number of para-hydroxylation sites is 1. The Kier molecular flexibility index (Phi) is 6.32. The van der Waals surface area contributed by atoms with Crippen LogP contribution in [0.5, 0.6) is 11.6 Å². The smallest absolute Gasteiger partial charge is 0.215 e. The second-order valence-electron chi connectivity index (χ2n) is 9.18. The Morgan fingerprint density at radius 3 is 2.62 bits per heavy atom. The topological polar surface area (TPSA) is 77.9 Å². The molecule has 0 spiro atoms. The van der Waals surface area contributed by atoms with Crippen LogP contribution in [0.15, 0.2) is 47.7 Å². The lowest BCUT2D eigenvalue weighted by atomic mass is 9.87. The number of hydroxylamine groups is 1. The van der Waals surface area contributed by atoms with Gasteiger partial charge in [-0.05, 0) is 43.7 Å². The molecule has 0 saturated heterocycles. The summed E-state index contributed by atoms with van der Waals surface area (Å²) in [6.07, 6.45) is 7.08. The number of aliphatic imine (C=N–C) groups is 1. The van der Waals surface area contributed by atoms with Gasteiger partial charge in [-0.1, -0.05) is 26.0 Å². The molecule has 1 N–H and O–H groups in total. The van der Waals surface area contributed by atoms with Crippen LogP contribution < -0.4 is 15.0 Å². The molecule has 7 nitrogen and oxygen atoms in total. The highest BCUT2D eigenvalue weighted by atomic mass is 19.1. The van der Waals surface area contributed by atoms with Crippen LogP contribution in [0.4, 0.5) is 4.39 Å². The van der Waals surface area contributed by atoms with Crippen LogP contribution in [0.2, 0.25) is 0 Å². The molecular formula is C26H29FN4O3. The van der Waals surface area contributed by atoms with Crippen LogP contribution in [0, 0.1) is 17.7 Å². The molecule has 1 aliphatic carbocycles. The van der Waals surface area contributed by atoms with Gasteiger partial charge < -0.3 is 14.3 Å². The van der Waals surface area contributed by atoms with Crippen LogP contribution in [0.1, 0.15) is 39.5 Å². The highest BCUT2D eigenvalue weighted by molar-refractivity contribution is 5.96. The number of methoxy groups -OCH3 is 1. The number of hydrogen-bond acceptors (Lipinski definition) is 7. The summed E-state index contributed by atoms with van der Waals surface area (Å²) in [5.74, 6) is 2.13. The number of halogens is 1. The first-order valence-corrected chi connectivity index (χ1v) is 11.8. The third kappa shape index (κ3) is 4.42. The predicted molar refractivity (Wildman–Crippen MR) is 128 cm³/mol. The van der Waals surface area contributed by atoms with Gasteiger partial charge in [-0.2, -0.15) is 0 Å². The largest absolute Gasteiger partial charge is 0.490 e. The zero-order valence-electron chi connectivity index (χ0n) is 19.6. The number of nitrogens with one attached hydrogen (secondary N) is 1. The van der Waals surface area contributed by atoms with E-state index in [1.807, 2.05) is 24.3 Å². The summed E-state index contributed by atoms with van der Waals surface area (Å²) >= 11 is 0. The van der Waals surface area contributed by atoms with E-state index in [9.17, 15) is 4.39 Å². The van der Waals surface area contributed by atoms with Crippen LogP contribution in [-0.2, 0) is 4.84 Å². The first kappa shape index (κ1) is 22.5. The van der Waals surface area contributed by atoms with Gasteiger partial charge in [0.15, 0.2) is 0 Å². The fourth-order valence-electron chi connectivity index (χ4n) is 4.59. The lowest BCUT2D eigenvalue weighted by Crippen LogP contribution is -2.30. The Morgan fingerprint density at radius 1 is 1.09 bits per heavy atom. The molecule has 0 radical (unpaired) electrons. The van der Waals surface area contributed by atoms with Gasteiger partial charge in [-0.3, -0.25) is 4.98 Å². The van der Waals surface area contributed by atoms with Crippen LogP contribution in [0.3, 0.4) is 0 Å². The lowest BCUT2D eigenvalue weighted by molar-refractivity contribution is 0.122. The van der Waals surface area contributed by atoms with Crippen LogP contribution in [-0.4, -0.2) is 35.2 Å². The molecule has 8 heteroatoms. The summed E-state index contributed by atoms with van der Waals surface area (Å²) in [7, 11) is 1.46. The number of benzene rings is 1. The molecule has 3 heterocycles. The predicted octanol–water partition coefficient (Wildman–Crippen LogP) is 5.30. The molecule has 3 aromatic rings. The minimum absolute atomic E-state index is 0.0343. The van der Waals surface area contributed by atoms with Crippen molar-refractivity contribution in [3.05, 3.63) is 48.5 Å². The molecule has 0 bridgehead atoms. The summed E-state index contributed by atoms with van der Waals surface area (Å²) in [5, 5.41) is 0.852. The number of fused-ring (bicyclic) bond motifs is 1. The summed E-state index contributed by atoms with van der Waals surface area (Å²) < 4.78 is 26.2. The van der Waals surface area contributed by atoms with Crippen molar-refractivity contribution < 1.29 is 18.7 Å². The van der Waals surface area contributed by atoms with E-state index >= 15 is 0 Å². The second kappa shape index (κ2) is 9.54. The van der Waals surface area contributed by atoms with Crippen molar-refractivity contribution in [2.24, 2.45) is 16.8 Å². The summed E-state index contributed by atoms with van der Waals surface area (Å²) in [6.45, 7) is 4.25. The van der Waals surface area contributed by atoms with Gasteiger partial charge >= 0.3 is 0 Å². The van der Waals surface area contributed by atoms with Crippen molar-refractivity contribution in [3.63, 3.8) is 0 Å². The van der Waals surface area contributed by atoms with E-state index in [1.165, 1.54) is 19.4 Å². The molecule has 2 aliphatic rings. The number of nitrogens with zero attached hydrogens (tertiary/aromatic N) is 3. The molecule has 1 aliphatic heterocycles. The average Bonchev–Trinajstić information content (AvgIpc) is 3.35. The van der Waals surface area contributed by atoms with Crippen molar-refractivity contribution in [2.75, 3.05) is 7.11 Å². The summed E-state index contributed by atoms with van der Waals surface area (Å²) in [6, 6.07) is 8.85. The van der Waals surface area contributed by atoms with Gasteiger partial charge in [-0.15, -0.1) is 5.48 Å². The van der Waals surface area contributed by atoms with Crippen LogP contribution in [0.25, 0.3) is 22.0 Å². The number of rotatable bonds is 6. The molecule has 178 valence electrons. The fraction of sp³-hybridized carbons (Fsp3) is 0.423. The Morgan fingerprint density at radius 2 is 1.91 bits per heavy atom. The monoisotopic (exact) mass is 464 g/mol. The third-order valence-electron chi connectivity index (χ3n) is 6.56. The highest BCUT2D eigenvalue weighted by Crippen LogP contribution is 2.36. The number of pyridine rings is 2. The Bertz CT molecular complexity index is 1210. The van der Waals surface area contributed by atoms with Crippen molar-refractivity contribution in [3.8, 4) is 22.8 Å². The Balaban J connectivity index is 1.33. The molecule has 1 aromatic carbocycles. The highest BCUT2D eigenvalue weighted by Gasteiger charge is 2.32. The van der Waals surface area contributed by atoms with E-state index in [0.29, 0.717) is 28.5 Å². The molecule has 2 aromatic heterocycles. The normalized spacial score (nSPS) is 22.5. The van der Waals surface area contributed by atoms with E-state index in [0.717, 1.165) is 42.7 Å². The van der Waals surface area contributed by atoms with E-state index in [1.54, 1.807) is 6.20 Å². The van der Waals surface area contributed by atoms with E-state index < -0.39 is 5.82 Å². The number of aromatic nitrogens is 2. The van der Waals surface area contributed by atoms with Gasteiger partial charge in [0.25, 0.3) is 0 Å². The number of ether oxygens (including phenoxy) is 2. The van der Waals surface area contributed by atoms with Gasteiger partial charge in [0.05, 0.1) is 18.7 Å². The van der Waals surface area contributed by atoms with E-state index in [-0.39, 0.29) is 18.1 Å². The molecule has 1 unspecified atom stereocenters. The first-order valence-electron chi connectivity index (χ1n) is 11.8. The standard InChI is InChI=1S/C26H29FN4O3/c1-15(2)25-30-26(34-31-25)16-7-9-17(10-8-16)33-22-11-12-28-24-18(5-4-6-19(22)24)20-14-29-23(32-3)13-21(20)27/h4-6,11-17,25,31H,7-10H2,1-3H3. The molecular weight excluding hydrogens is 435 g/mol. The van der Waals surface area contributed by atoms with Crippen molar-refractivity contribution in [2.45, 2.75) is 51.8 Å². The summed E-state index contributed by atoms with van der Waals surface area (Å²) in [4.78, 5) is 19.1. The van der Waals surface area contributed by atoms with Crippen molar-refractivity contribution in [1.29, 1.82) is 0 Å². The van der Waals surface area contributed by atoms with E-state index in [2.05, 4.69) is 29.3 Å². The SMILES string of the molecule is COc1cc(F)c(-c2cccc3c(OC4CCC(C5=NC(C(C)C)NO5)CC4)ccnc23)cn1. The maximum atomic E-state index is 14.8. The molecule has 5 rings (SSSR count). The third-order valence-corrected chi connectivity index (χ3v) is 6.56.